The molecule has 3 heterocycles. The van der Waals surface area contributed by atoms with Crippen molar-refractivity contribution in [2.75, 3.05) is 18.0 Å². The van der Waals surface area contributed by atoms with E-state index < -0.39 is 0 Å². The Morgan fingerprint density at radius 3 is 2.74 bits per heavy atom. The summed E-state index contributed by atoms with van der Waals surface area (Å²) in [7, 11) is 0. The average Bonchev–Trinajstić information content (AvgIpc) is 2.36. The van der Waals surface area contributed by atoms with Crippen molar-refractivity contribution >= 4 is 32.7 Å². The first-order valence-corrected chi connectivity index (χ1v) is 7.34. The van der Waals surface area contributed by atoms with E-state index in [-0.39, 0.29) is 0 Å². The first-order valence-electron chi connectivity index (χ1n) is 6.55. The van der Waals surface area contributed by atoms with Crippen molar-refractivity contribution in [3.63, 3.8) is 0 Å². The van der Waals surface area contributed by atoms with Crippen molar-refractivity contribution in [1.29, 1.82) is 0 Å². The molecule has 0 amide bonds. The molecule has 100 valence electrons. The largest absolute Gasteiger partial charge is 0.367 e. The van der Waals surface area contributed by atoms with Crippen LogP contribution in [0.2, 0.25) is 0 Å². The molecule has 0 radical (unpaired) electrons. The lowest BCUT2D eigenvalue weighted by molar-refractivity contribution is 0.407. The summed E-state index contributed by atoms with van der Waals surface area (Å²) in [5.41, 5.74) is 3.09. The van der Waals surface area contributed by atoms with Crippen LogP contribution in [0.25, 0.3) is 11.0 Å². The molecular weight excluding hydrogens is 304 g/mol. The van der Waals surface area contributed by atoms with Crippen molar-refractivity contribution in [3.8, 4) is 0 Å². The van der Waals surface area contributed by atoms with Gasteiger partial charge in [0.15, 0.2) is 0 Å². The third kappa shape index (κ3) is 2.58. The van der Waals surface area contributed by atoms with E-state index in [2.05, 4.69) is 56.0 Å². The van der Waals surface area contributed by atoms with E-state index in [9.17, 15) is 0 Å². The zero-order valence-electron chi connectivity index (χ0n) is 11.1. The van der Waals surface area contributed by atoms with Crippen LogP contribution in [0.3, 0.4) is 0 Å². The smallest absolute Gasteiger partial charge is 0.112 e. The Balaban J connectivity index is 2.04. The second-order valence-corrected chi connectivity index (χ2v) is 6.14. The standard InChI is InChI=1S/C14H17BrN4/c1-9-7-19(8-10(2)18-9)13-3-4-16-12-5-11(15)6-17-14(12)13/h3-6,9-10,18H,7-8H2,1-2H3. The fourth-order valence-corrected chi connectivity index (χ4v) is 3.09. The molecule has 1 aliphatic rings. The molecular formula is C14H17BrN4. The molecule has 1 saturated heterocycles. The van der Waals surface area contributed by atoms with Gasteiger partial charge in [0.2, 0.25) is 0 Å². The van der Waals surface area contributed by atoms with Crippen LogP contribution in [-0.2, 0) is 0 Å². The molecule has 1 aliphatic heterocycles. The third-order valence-corrected chi connectivity index (χ3v) is 3.85. The number of rotatable bonds is 1. The number of pyridine rings is 2. The number of hydrogen-bond acceptors (Lipinski definition) is 4. The minimum absolute atomic E-state index is 0.488. The lowest BCUT2D eigenvalue weighted by atomic mass is 10.1. The molecule has 3 rings (SSSR count). The summed E-state index contributed by atoms with van der Waals surface area (Å²) >= 11 is 3.45. The second kappa shape index (κ2) is 5.06. The summed E-state index contributed by atoms with van der Waals surface area (Å²) in [6.45, 7) is 6.44. The average molecular weight is 321 g/mol. The quantitative estimate of drug-likeness (QED) is 0.876. The summed E-state index contributed by atoms with van der Waals surface area (Å²) in [6, 6.07) is 5.05. The van der Waals surface area contributed by atoms with Gasteiger partial charge in [0.1, 0.15) is 5.52 Å². The van der Waals surface area contributed by atoms with Crippen molar-refractivity contribution in [3.05, 3.63) is 29.0 Å². The lowest BCUT2D eigenvalue weighted by Crippen LogP contribution is -2.54. The minimum Gasteiger partial charge on any atom is -0.367 e. The number of piperazine rings is 1. The maximum absolute atomic E-state index is 4.53. The highest BCUT2D eigenvalue weighted by Gasteiger charge is 2.22. The summed E-state index contributed by atoms with van der Waals surface area (Å²) in [5, 5.41) is 3.55. The highest BCUT2D eigenvalue weighted by Crippen LogP contribution is 2.26. The number of fused-ring (bicyclic) bond motifs is 1. The van der Waals surface area contributed by atoms with Gasteiger partial charge in [0.05, 0.1) is 11.2 Å². The fraction of sp³-hybridized carbons (Fsp3) is 0.429. The monoisotopic (exact) mass is 320 g/mol. The van der Waals surface area contributed by atoms with Crippen LogP contribution in [0.4, 0.5) is 5.69 Å². The van der Waals surface area contributed by atoms with Gasteiger partial charge < -0.3 is 10.2 Å². The maximum atomic E-state index is 4.53. The number of halogens is 1. The van der Waals surface area contributed by atoms with Gasteiger partial charge in [-0.15, -0.1) is 0 Å². The summed E-state index contributed by atoms with van der Waals surface area (Å²) in [6.07, 6.45) is 3.70. The van der Waals surface area contributed by atoms with E-state index in [1.165, 1.54) is 5.69 Å². The molecule has 5 heteroatoms. The predicted molar refractivity (Wildman–Crippen MR) is 81.5 cm³/mol. The van der Waals surface area contributed by atoms with Gasteiger partial charge in [0.25, 0.3) is 0 Å². The molecule has 0 aromatic carbocycles. The van der Waals surface area contributed by atoms with Crippen LogP contribution in [0.15, 0.2) is 29.0 Å². The number of nitrogens with one attached hydrogen (secondary N) is 1. The maximum Gasteiger partial charge on any atom is 0.112 e. The van der Waals surface area contributed by atoms with Crippen LogP contribution in [0.1, 0.15) is 13.8 Å². The number of nitrogens with zero attached hydrogens (tertiary/aromatic N) is 3. The van der Waals surface area contributed by atoms with Crippen LogP contribution in [0, 0.1) is 0 Å². The molecule has 1 N–H and O–H groups in total. The molecule has 2 unspecified atom stereocenters. The van der Waals surface area contributed by atoms with Crippen molar-refractivity contribution in [2.24, 2.45) is 0 Å². The third-order valence-electron chi connectivity index (χ3n) is 3.42. The molecule has 19 heavy (non-hydrogen) atoms. The Bertz CT molecular complexity index is 591. The molecule has 0 spiro atoms. The summed E-state index contributed by atoms with van der Waals surface area (Å²) < 4.78 is 0.965. The highest BCUT2D eigenvalue weighted by atomic mass is 79.9. The summed E-state index contributed by atoms with van der Waals surface area (Å²) in [4.78, 5) is 11.3. The number of hydrogen-bond donors (Lipinski definition) is 1. The molecule has 2 atom stereocenters. The van der Waals surface area contributed by atoms with Crippen molar-refractivity contribution in [1.82, 2.24) is 15.3 Å². The molecule has 2 aromatic heterocycles. The van der Waals surface area contributed by atoms with E-state index in [1.807, 2.05) is 18.5 Å². The molecule has 2 aromatic rings. The molecule has 4 nitrogen and oxygen atoms in total. The van der Waals surface area contributed by atoms with Gasteiger partial charge in [-0.25, -0.2) is 0 Å². The number of aromatic nitrogens is 2. The highest BCUT2D eigenvalue weighted by molar-refractivity contribution is 9.10. The fourth-order valence-electron chi connectivity index (χ4n) is 2.77. The Labute approximate surface area is 121 Å². The first-order chi connectivity index (χ1) is 9.13. The van der Waals surface area contributed by atoms with E-state index >= 15 is 0 Å². The predicted octanol–water partition coefficient (Wildman–Crippen LogP) is 2.58. The van der Waals surface area contributed by atoms with Crippen molar-refractivity contribution in [2.45, 2.75) is 25.9 Å². The van der Waals surface area contributed by atoms with Gasteiger partial charge in [-0.2, -0.15) is 0 Å². The van der Waals surface area contributed by atoms with Gasteiger partial charge >= 0.3 is 0 Å². The second-order valence-electron chi connectivity index (χ2n) is 5.23. The number of anilines is 1. The van der Waals surface area contributed by atoms with Crippen LogP contribution >= 0.6 is 15.9 Å². The van der Waals surface area contributed by atoms with Crippen LogP contribution < -0.4 is 10.2 Å². The zero-order chi connectivity index (χ0) is 13.4. The van der Waals surface area contributed by atoms with Gasteiger partial charge in [-0.1, -0.05) is 0 Å². The Hall–Kier alpha value is -1.20. The van der Waals surface area contributed by atoms with E-state index in [1.54, 1.807) is 0 Å². The normalized spacial score (nSPS) is 23.8. The SMILES string of the molecule is CC1CN(c2ccnc3cc(Br)cnc23)CC(C)N1. The molecule has 0 saturated carbocycles. The molecule has 0 aliphatic carbocycles. The Morgan fingerprint density at radius 2 is 2.00 bits per heavy atom. The minimum atomic E-state index is 0.488. The molecule has 0 bridgehead atoms. The van der Waals surface area contributed by atoms with E-state index in [4.69, 9.17) is 0 Å². The van der Waals surface area contributed by atoms with Gasteiger partial charge in [-0.3, -0.25) is 9.97 Å². The Kier molecular flexibility index (Phi) is 3.41. The summed E-state index contributed by atoms with van der Waals surface area (Å²) in [5.74, 6) is 0. The van der Waals surface area contributed by atoms with E-state index in [0.717, 1.165) is 28.6 Å². The van der Waals surface area contributed by atoms with Crippen LogP contribution in [-0.4, -0.2) is 35.1 Å². The van der Waals surface area contributed by atoms with Crippen LogP contribution in [0.5, 0.6) is 0 Å². The Morgan fingerprint density at radius 1 is 1.26 bits per heavy atom. The van der Waals surface area contributed by atoms with Gasteiger partial charge in [-0.05, 0) is 41.9 Å². The van der Waals surface area contributed by atoms with Crippen molar-refractivity contribution < 1.29 is 0 Å². The van der Waals surface area contributed by atoms with Gasteiger partial charge in [0, 0.05) is 42.0 Å². The lowest BCUT2D eigenvalue weighted by Gasteiger charge is -2.37. The first kappa shape index (κ1) is 12.8. The van der Waals surface area contributed by atoms with E-state index in [0.29, 0.717) is 12.1 Å². The topological polar surface area (TPSA) is 41.1 Å². The molecule has 1 fully saturated rings. The zero-order valence-corrected chi connectivity index (χ0v) is 12.7.